The van der Waals surface area contributed by atoms with Gasteiger partial charge in [0.25, 0.3) is 5.91 Å². The summed E-state index contributed by atoms with van der Waals surface area (Å²) >= 11 is 0. The Hall–Kier alpha value is -3.40. The van der Waals surface area contributed by atoms with Gasteiger partial charge in [0.05, 0.1) is 11.8 Å². The van der Waals surface area contributed by atoms with Crippen molar-refractivity contribution in [2.75, 3.05) is 6.61 Å². The van der Waals surface area contributed by atoms with Gasteiger partial charge < -0.3 is 4.74 Å². The molecule has 0 atom stereocenters. The number of amides is 1. The topological polar surface area (TPSA) is 50.7 Å². The summed E-state index contributed by atoms with van der Waals surface area (Å²) in [7, 11) is 0. The molecule has 0 aliphatic heterocycles. The largest absolute Gasteiger partial charge is 0.489 e. The van der Waals surface area contributed by atoms with Crippen LogP contribution < -0.4 is 10.2 Å². The summed E-state index contributed by atoms with van der Waals surface area (Å²) in [6.07, 6.45) is 3.28. The van der Waals surface area contributed by atoms with Gasteiger partial charge in [-0.05, 0) is 22.9 Å². The van der Waals surface area contributed by atoms with Gasteiger partial charge in [-0.25, -0.2) is 5.43 Å². The van der Waals surface area contributed by atoms with Crippen molar-refractivity contribution in [3.63, 3.8) is 0 Å². The Balaban J connectivity index is 1.76. The lowest BCUT2D eigenvalue weighted by Gasteiger charge is -2.08. The average molecular weight is 330 g/mol. The highest BCUT2D eigenvalue weighted by molar-refractivity contribution is 6.01. The standard InChI is InChI=1S/C21H18N2O2/c1-2-14-25-20-13-6-5-12-19(20)21(24)23-22-15-17-10-7-9-16-8-3-4-11-18(16)17/h2-13,15H,1,14H2,(H,23,24). The van der Waals surface area contributed by atoms with Crippen molar-refractivity contribution in [3.8, 4) is 5.75 Å². The molecule has 3 aromatic rings. The lowest BCUT2D eigenvalue weighted by atomic mass is 10.1. The Morgan fingerprint density at radius 2 is 1.80 bits per heavy atom. The summed E-state index contributed by atoms with van der Waals surface area (Å²) in [5, 5.41) is 6.30. The summed E-state index contributed by atoms with van der Waals surface area (Å²) in [6.45, 7) is 3.95. The van der Waals surface area contributed by atoms with E-state index < -0.39 is 0 Å². The number of para-hydroxylation sites is 1. The second-order valence-corrected chi connectivity index (χ2v) is 5.36. The van der Waals surface area contributed by atoms with Crippen molar-refractivity contribution in [1.82, 2.24) is 5.43 Å². The lowest BCUT2D eigenvalue weighted by Crippen LogP contribution is -2.18. The van der Waals surface area contributed by atoms with E-state index in [-0.39, 0.29) is 5.91 Å². The number of ether oxygens (including phenoxy) is 1. The molecule has 0 bridgehead atoms. The Bertz CT molecular complexity index is 927. The Morgan fingerprint density at radius 1 is 1.04 bits per heavy atom. The van der Waals surface area contributed by atoms with Crippen LogP contribution >= 0.6 is 0 Å². The van der Waals surface area contributed by atoms with Crippen LogP contribution in [-0.2, 0) is 0 Å². The van der Waals surface area contributed by atoms with Crippen LogP contribution in [0.25, 0.3) is 10.8 Å². The first kappa shape index (κ1) is 16.5. The highest BCUT2D eigenvalue weighted by atomic mass is 16.5. The predicted molar refractivity (Wildman–Crippen MR) is 101 cm³/mol. The number of hydrazone groups is 1. The molecule has 3 aromatic carbocycles. The second-order valence-electron chi connectivity index (χ2n) is 5.36. The highest BCUT2D eigenvalue weighted by Gasteiger charge is 2.10. The van der Waals surface area contributed by atoms with E-state index in [1.54, 1.807) is 30.5 Å². The van der Waals surface area contributed by atoms with Gasteiger partial charge in [0.1, 0.15) is 12.4 Å². The number of nitrogens with zero attached hydrogens (tertiary/aromatic N) is 1. The summed E-state index contributed by atoms with van der Waals surface area (Å²) in [5.74, 6) is 0.177. The molecular weight excluding hydrogens is 312 g/mol. The molecule has 124 valence electrons. The van der Waals surface area contributed by atoms with Crippen LogP contribution in [0.15, 0.2) is 84.5 Å². The van der Waals surface area contributed by atoms with Crippen molar-refractivity contribution >= 4 is 22.9 Å². The van der Waals surface area contributed by atoms with Crippen LogP contribution in [0, 0.1) is 0 Å². The van der Waals surface area contributed by atoms with E-state index in [4.69, 9.17) is 4.74 Å². The number of rotatable bonds is 6. The molecule has 0 heterocycles. The summed E-state index contributed by atoms with van der Waals surface area (Å²) in [5.41, 5.74) is 3.92. The molecule has 1 amide bonds. The van der Waals surface area contributed by atoms with Crippen molar-refractivity contribution in [1.29, 1.82) is 0 Å². The molecule has 3 rings (SSSR count). The molecule has 0 unspecified atom stereocenters. The Labute approximate surface area is 146 Å². The van der Waals surface area contributed by atoms with Crippen molar-refractivity contribution in [2.24, 2.45) is 5.10 Å². The number of fused-ring (bicyclic) bond motifs is 1. The van der Waals surface area contributed by atoms with E-state index in [1.807, 2.05) is 48.5 Å². The molecule has 0 saturated heterocycles. The minimum atomic E-state index is -0.323. The van der Waals surface area contributed by atoms with Gasteiger partial charge in [0.15, 0.2) is 0 Å². The molecular formula is C21H18N2O2. The maximum Gasteiger partial charge on any atom is 0.275 e. The molecule has 0 fully saturated rings. The van der Waals surface area contributed by atoms with Gasteiger partial charge in [-0.3, -0.25) is 4.79 Å². The molecule has 4 nitrogen and oxygen atoms in total. The second kappa shape index (κ2) is 7.93. The molecule has 0 spiro atoms. The van der Waals surface area contributed by atoms with Gasteiger partial charge in [0, 0.05) is 5.56 Å². The fourth-order valence-electron chi connectivity index (χ4n) is 2.51. The lowest BCUT2D eigenvalue weighted by molar-refractivity contribution is 0.0951. The fraction of sp³-hybridized carbons (Fsp3) is 0.0476. The quantitative estimate of drug-likeness (QED) is 0.419. The third-order valence-electron chi connectivity index (χ3n) is 3.68. The van der Waals surface area contributed by atoms with Crippen LogP contribution in [0.2, 0.25) is 0 Å². The molecule has 4 heteroatoms. The highest BCUT2D eigenvalue weighted by Crippen LogP contribution is 2.18. The molecule has 0 radical (unpaired) electrons. The van der Waals surface area contributed by atoms with Gasteiger partial charge >= 0.3 is 0 Å². The predicted octanol–water partition coefficient (Wildman–Crippen LogP) is 4.17. The monoisotopic (exact) mass is 330 g/mol. The normalized spacial score (nSPS) is 10.7. The molecule has 0 aliphatic carbocycles. The van der Waals surface area contributed by atoms with E-state index in [1.165, 1.54) is 0 Å². The molecule has 0 aliphatic rings. The van der Waals surface area contributed by atoms with E-state index in [2.05, 4.69) is 17.1 Å². The fourth-order valence-corrected chi connectivity index (χ4v) is 2.51. The Morgan fingerprint density at radius 3 is 2.68 bits per heavy atom. The van der Waals surface area contributed by atoms with Gasteiger partial charge in [0.2, 0.25) is 0 Å². The molecule has 0 saturated carbocycles. The van der Waals surface area contributed by atoms with Crippen LogP contribution in [0.3, 0.4) is 0 Å². The minimum absolute atomic E-state index is 0.323. The summed E-state index contributed by atoms with van der Waals surface area (Å²) in [4.78, 5) is 12.4. The summed E-state index contributed by atoms with van der Waals surface area (Å²) < 4.78 is 5.50. The van der Waals surface area contributed by atoms with Crippen molar-refractivity contribution < 1.29 is 9.53 Å². The van der Waals surface area contributed by atoms with E-state index in [0.717, 1.165) is 16.3 Å². The van der Waals surface area contributed by atoms with Gasteiger partial charge in [-0.2, -0.15) is 5.10 Å². The van der Waals surface area contributed by atoms with Crippen LogP contribution in [0.5, 0.6) is 5.75 Å². The summed E-state index contributed by atoms with van der Waals surface area (Å²) in [6, 6.07) is 21.0. The number of hydrogen-bond donors (Lipinski definition) is 1. The molecule has 1 N–H and O–H groups in total. The van der Waals surface area contributed by atoms with E-state index >= 15 is 0 Å². The van der Waals surface area contributed by atoms with Crippen LogP contribution in [0.1, 0.15) is 15.9 Å². The maximum absolute atomic E-state index is 12.4. The van der Waals surface area contributed by atoms with Crippen molar-refractivity contribution in [2.45, 2.75) is 0 Å². The van der Waals surface area contributed by atoms with Gasteiger partial charge in [-0.15, -0.1) is 0 Å². The van der Waals surface area contributed by atoms with E-state index in [0.29, 0.717) is 17.9 Å². The zero-order valence-corrected chi connectivity index (χ0v) is 13.7. The zero-order valence-electron chi connectivity index (χ0n) is 13.7. The first-order valence-corrected chi connectivity index (χ1v) is 7.93. The number of nitrogens with one attached hydrogen (secondary N) is 1. The smallest absolute Gasteiger partial charge is 0.275 e. The number of carbonyl (C=O) groups is 1. The number of benzene rings is 3. The minimum Gasteiger partial charge on any atom is -0.489 e. The number of hydrogen-bond acceptors (Lipinski definition) is 3. The maximum atomic E-state index is 12.4. The van der Waals surface area contributed by atoms with Crippen LogP contribution in [0.4, 0.5) is 0 Å². The van der Waals surface area contributed by atoms with Gasteiger partial charge in [-0.1, -0.05) is 67.3 Å². The van der Waals surface area contributed by atoms with Crippen LogP contribution in [-0.4, -0.2) is 18.7 Å². The number of carbonyl (C=O) groups excluding carboxylic acids is 1. The third-order valence-corrected chi connectivity index (χ3v) is 3.68. The average Bonchev–Trinajstić information content (AvgIpc) is 2.66. The van der Waals surface area contributed by atoms with E-state index in [9.17, 15) is 4.79 Å². The first-order valence-electron chi connectivity index (χ1n) is 7.93. The first-order chi connectivity index (χ1) is 12.3. The third kappa shape index (κ3) is 3.93. The Kier molecular flexibility index (Phi) is 5.22. The molecule has 0 aromatic heterocycles. The SMILES string of the molecule is C=CCOc1ccccc1C(=O)NN=Cc1cccc2ccccc12. The zero-order chi connectivity index (χ0) is 17.5. The molecule has 25 heavy (non-hydrogen) atoms. The van der Waals surface area contributed by atoms with Crippen molar-refractivity contribution in [3.05, 3.63) is 90.5 Å².